The highest BCUT2D eigenvalue weighted by molar-refractivity contribution is 5.98. The molecule has 0 fully saturated rings. The number of benzene rings is 4. The number of carbonyl (C=O) groups is 4. The number of ether oxygens (including phenoxy) is 2. The molecular weight excluding hydrogens is 935 g/mol. The van der Waals surface area contributed by atoms with Crippen LogP contribution in [0, 0.1) is 37.1 Å². The lowest BCUT2D eigenvalue weighted by Crippen LogP contribution is -2.43. The van der Waals surface area contributed by atoms with Crippen molar-refractivity contribution in [2.45, 2.75) is 51.9 Å². The molecule has 2 aromatic heterocycles. The molecule has 21 heteroatoms. The van der Waals surface area contributed by atoms with E-state index in [1.165, 1.54) is 37.3 Å². The zero-order valence-electron chi connectivity index (χ0n) is 39.8. The Morgan fingerprint density at radius 3 is 1.11 bits per heavy atom. The van der Waals surface area contributed by atoms with E-state index in [1.54, 1.807) is 62.4 Å². The molecule has 0 aliphatic heterocycles. The third-order valence-corrected chi connectivity index (χ3v) is 12.2. The van der Waals surface area contributed by atoms with Crippen molar-refractivity contribution < 1.29 is 46.2 Å². The van der Waals surface area contributed by atoms with Crippen molar-refractivity contribution in [1.29, 1.82) is 0 Å². The average molecular weight is 984 g/mol. The van der Waals surface area contributed by atoms with Crippen LogP contribution in [0.25, 0.3) is 22.3 Å². The number of hydrogen-bond donors (Lipinski definition) is 3. The van der Waals surface area contributed by atoms with Crippen LogP contribution in [0.15, 0.2) is 92.0 Å². The first-order valence-corrected chi connectivity index (χ1v) is 21.7. The van der Waals surface area contributed by atoms with Crippen LogP contribution in [0.4, 0.5) is 17.6 Å². The van der Waals surface area contributed by atoms with Gasteiger partial charge in [-0.15, -0.1) is 0 Å². The molecule has 1 unspecified atom stereocenters. The summed E-state index contributed by atoms with van der Waals surface area (Å²) in [5, 5.41) is 7.41. The van der Waals surface area contributed by atoms with E-state index in [1.807, 2.05) is 0 Å². The standard InChI is InChI=1S/C50H49F4N7O10/c1-25-39(45(64)60(5)49(68)58(25)3)31-13-9-27(10-14-31)21-37(47(66)70-7)56-43(62)41-33(51)17-29(18-34(41)52)23-55-24-30-19-35(53)42(36(54)20-30)44(63)57-38(48(67)71-8)22-28-11-15-32(16-12-28)40-26(2)59(4)50(69)61(6)46(40)65/h9-20,37-38,55H,21-24H2,1-8H3,(H,56,62)(H,57,63)/t37-,38?/m0/s1. The summed E-state index contributed by atoms with van der Waals surface area (Å²) < 4.78 is 75.9. The van der Waals surface area contributed by atoms with Crippen molar-refractivity contribution in [3.63, 3.8) is 0 Å². The minimum Gasteiger partial charge on any atom is -0.467 e. The predicted octanol–water partition coefficient (Wildman–Crippen LogP) is 3.31. The second kappa shape index (κ2) is 21.6. The number of amides is 2. The van der Waals surface area contributed by atoms with Gasteiger partial charge in [-0.2, -0.15) is 0 Å². The molecule has 2 atom stereocenters. The molecule has 6 aromatic rings. The first kappa shape index (κ1) is 52.2. The Hall–Kier alpha value is -8.20. The van der Waals surface area contributed by atoms with Crippen molar-refractivity contribution in [2.24, 2.45) is 28.2 Å². The molecule has 17 nitrogen and oxygen atoms in total. The molecule has 0 bridgehead atoms. The Morgan fingerprint density at radius 1 is 0.507 bits per heavy atom. The van der Waals surface area contributed by atoms with Crippen LogP contribution in [0.3, 0.4) is 0 Å². The fraction of sp³-hybridized carbons (Fsp3) is 0.280. The van der Waals surface area contributed by atoms with Gasteiger partial charge >= 0.3 is 23.3 Å². The Kier molecular flexibility index (Phi) is 15.9. The van der Waals surface area contributed by atoms with Gasteiger partial charge in [0, 0.05) is 65.5 Å². The van der Waals surface area contributed by atoms with Crippen LogP contribution in [0.1, 0.15) is 54.4 Å². The third-order valence-electron chi connectivity index (χ3n) is 12.2. The zero-order valence-corrected chi connectivity index (χ0v) is 39.8. The lowest BCUT2D eigenvalue weighted by atomic mass is 10.00. The molecule has 3 N–H and O–H groups in total. The number of rotatable bonds is 16. The summed E-state index contributed by atoms with van der Waals surface area (Å²) in [7, 11) is 7.91. The number of aromatic nitrogens is 4. The molecular formula is C50H49F4N7O10. The normalized spacial score (nSPS) is 12.0. The van der Waals surface area contributed by atoms with Crippen molar-refractivity contribution in [3.05, 3.63) is 183 Å². The van der Waals surface area contributed by atoms with E-state index in [9.17, 15) is 38.4 Å². The van der Waals surface area contributed by atoms with Crippen LogP contribution < -0.4 is 38.4 Å². The quantitative estimate of drug-likeness (QED) is 0.0947. The SMILES string of the molecule is COC(=O)C(Cc1ccc(-c2c(C)n(C)c(=O)n(C)c2=O)cc1)NC(=O)c1c(F)cc(CNCc2cc(F)c(C(=O)N[C@@H](Cc3ccc(-c4c(C)n(C)c(=O)n(C)c4=O)cc3)C(=O)OC)c(F)c2)cc1F. The summed E-state index contributed by atoms with van der Waals surface area (Å²) in [5.74, 6) is -9.46. The highest BCUT2D eigenvalue weighted by Gasteiger charge is 2.29. The maximum absolute atomic E-state index is 15.4. The molecule has 372 valence electrons. The summed E-state index contributed by atoms with van der Waals surface area (Å²) in [6.07, 6.45) is -0.337. The lowest BCUT2D eigenvalue weighted by Gasteiger charge is -2.18. The van der Waals surface area contributed by atoms with Crippen LogP contribution >= 0.6 is 0 Å². The summed E-state index contributed by atoms with van der Waals surface area (Å²) in [4.78, 5) is 102. The van der Waals surface area contributed by atoms with Crippen molar-refractivity contribution in [1.82, 2.24) is 34.2 Å². The molecule has 0 aliphatic carbocycles. The Balaban J connectivity index is 1.08. The maximum atomic E-state index is 15.4. The summed E-state index contributed by atoms with van der Waals surface area (Å²) in [6, 6.07) is 13.3. The molecule has 0 radical (unpaired) electrons. The maximum Gasteiger partial charge on any atom is 0.330 e. The first-order valence-electron chi connectivity index (χ1n) is 21.7. The molecule has 0 saturated carbocycles. The van der Waals surface area contributed by atoms with Crippen molar-refractivity contribution in [3.8, 4) is 22.3 Å². The van der Waals surface area contributed by atoms with Gasteiger partial charge in [-0.25, -0.2) is 36.7 Å². The van der Waals surface area contributed by atoms with Crippen LogP contribution in [0.5, 0.6) is 0 Å². The van der Waals surface area contributed by atoms with E-state index >= 15 is 17.6 Å². The van der Waals surface area contributed by atoms with Gasteiger partial charge in [0.05, 0.1) is 25.3 Å². The van der Waals surface area contributed by atoms with Gasteiger partial charge < -0.3 is 34.6 Å². The largest absolute Gasteiger partial charge is 0.467 e. The van der Waals surface area contributed by atoms with E-state index in [0.717, 1.165) is 47.6 Å². The van der Waals surface area contributed by atoms with Gasteiger partial charge in [0.25, 0.3) is 22.9 Å². The molecule has 2 heterocycles. The van der Waals surface area contributed by atoms with Gasteiger partial charge in [0.15, 0.2) is 0 Å². The Bertz CT molecular complexity index is 3080. The van der Waals surface area contributed by atoms with Crippen molar-refractivity contribution >= 4 is 23.8 Å². The monoisotopic (exact) mass is 983 g/mol. The van der Waals surface area contributed by atoms with E-state index < -0.39 is 92.7 Å². The van der Waals surface area contributed by atoms with Gasteiger partial charge in [-0.05, 0) is 71.5 Å². The van der Waals surface area contributed by atoms with Crippen LogP contribution in [-0.4, -0.2) is 68.3 Å². The summed E-state index contributed by atoms with van der Waals surface area (Å²) in [6.45, 7) is 2.74. The van der Waals surface area contributed by atoms with Gasteiger partial charge in [0.1, 0.15) is 46.5 Å². The fourth-order valence-electron chi connectivity index (χ4n) is 8.01. The van der Waals surface area contributed by atoms with E-state index in [-0.39, 0.29) is 48.2 Å². The predicted molar refractivity (Wildman–Crippen MR) is 251 cm³/mol. The molecule has 71 heavy (non-hydrogen) atoms. The van der Waals surface area contributed by atoms with Gasteiger partial charge in [0.2, 0.25) is 0 Å². The third kappa shape index (κ3) is 11.0. The molecule has 0 spiro atoms. The highest BCUT2D eigenvalue weighted by atomic mass is 19.1. The number of hydrogen-bond acceptors (Lipinski definition) is 11. The number of esters is 2. The number of nitrogens with zero attached hydrogens (tertiary/aromatic N) is 4. The summed E-state index contributed by atoms with van der Waals surface area (Å²) in [5.41, 5.74) is -0.663. The molecule has 6 rings (SSSR count). The molecule has 2 amide bonds. The minimum atomic E-state index is -1.40. The number of nitrogens with one attached hydrogen (secondary N) is 3. The second-order valence-corrected chi connectivity index (χ2v) is 16.7. The Labute approximate surface area is 402 Å². The summed E-state index contributed by atoms with van der Waals surface area (Å²) >= 11 is 0. The van der Waals surface area contributed by atoms with E-state index in [0.29, 0.717) is 33.6 Å². The average Bonchev–Trinajstić information content (AvgIpc) is 3.33. The van der Waals surface area contributed by atoms with Crippen LogP contribution in [-0.2, 0) is 73.2 Å². The number of halogens is 4. The van der Waals surface area contributed by atoms with Gasteiger partial charge in [-0.3, -0.25) is 28.3 Å². The second-order valence-electron chi connectivity index (χ2n) is 16.7. The Morgan fingerprint density at radius 2 is 0.817 bits per heavy atom. The lowest BCUT2D eigenvalue weighted by molar-refractivity contribution is -0.143. The fourth-order valence-corrected chi connectivity index (χ4v) is 8.01. The topological polar surface area (TPSA) is 211 Å². The van der Waals surface area contributed by atoms with Crippen LogP contribution in [0.2, 0.25) is 0 Å². The van der Waals surface area contributed by atoms with Gasteiger partial charge in [-0.1, -0.05) is 48.5 Å². The molecule has 4 aromatic carbocycles. The highest BCUT2D eigenvalue weighted by Crippen LogP contribution is 2.23. The zero-order chi connectivity index (χ0) is 52.2. The number of methoxy groups -OCH3 is 2. The first-order chi connectivity index (χ1) is 33.6. The molecule has 0 saturated heterocycles. The van der Waals surface area contributed by atoms with E-state index in [2.05, 4.69) is 16.0 Å². The van der Waals surface area contributed by atoms with E-state index in [4.69, 9.17) is 9.47 Å². The smallest absolute Gasteiger partial charge is 0.330 e. The molecule has 0 aliphatic rings. The van der Waals surface area contributed by atoms with Crippen molar-refractivity contribution in [2.75, 3.05) is 14.2 Å². The minimum absolute atomic E-state index is 0.00322. The number of carbonyl (C=O) groups excluding carboxylic acids is 4.